The summed E-state index contributed by atoms with van der Waals surface area (Å²) in [5, 5.41) is 4.48. The molecule has 0 N–H and O–H groups in total. The third-order valence-electron chi connectivity index (χ3n) is 6.27. The zero-order valence-corrected chi connectivity index (χ0v) is 19.1. The summed E-state index contributed by atoms with van der Waals surface area (Å²) in [5.41, 5.74) is 4.57. The molecule has 5 rings (SSSR count). The number of benzene rings is 2. The van der Waals surface area contributed by atoms with Gasteiger partial charge in [-0.1, -0.05) is 28.9 Å². The number of ether oxygens (including phenoxy) is 2. The lowest BCUT2D eigenvalue weighted by molar-refractivity contribution is 0.0729. The van der Waals surface area contributed by atoms with Gasteiger partial charge in [-0.2, -0.15) is 0 Å². The SMILES string of the molecule is COc1ccc(C(=O)N(Cc2c(-c3cccc(C)c3)noc2N2CCOCC2)C2CC2)cc1. The molecule has 33 heavy (non-hydrogen) atoms. The second-order valence-corrected chi connectivity index (χ2v) is 8.68. The molecule has 2 heterocycles. The van der Waals surface area contributed by atoms with Gasteiger partial charge < -0.3 is 23.8 Å². The summed E-state index contributed by atoms with van der Waals surface area (Å²) in [5.74, 6) is 1.49. The number of hydrogen-bond donors (Lipinski definition) is 0. The van der Waals surface area contributed by atoms with Crippen LogP contribution in [0.2, 0.25) is 0 Å². The van der Waals surface area contributed by atoms with Gasteiger partial charge in [0.15, 0.2) is 0 Å². The molecule has 2 fully saturated rings. The topological polar surface area (TPSA) is 68.0 Å². The number of methoxy groups -OCH3 is 1. The van der Waals surface area contributed by atoms with Gasteiger partial charge in [-0.05, 0) is 50.1 Å². The van der Waals surface area contributed by atoms with Crippen LogP contribution in [0.25, 0.3) is 11.3 Å². The third kappa shape index (κ3) is 4.59. The molecule has 0 spiro atoms. The lowest BCUT2D eigenvalue weighted by atomic mass is 10.0. The quantitative estimate of drug-likeness (QED) is 0.538. The number of aromatic nitrogens is 1. The minimum absolute atomic E-state index is 0.0180. The van der Waals surface area contributed by atoms with E-state index in [-0.39, 0.29) is 11.9 Å². The van der Waals surface area contributed by atoms with Crippen LogP contribution in [0.1, 0.15) is 34.3 Å². The summed E-state index contributed by atoms with van der Waals surface area (Å²) in [6, 6.07) is 15.8. The Bertz CT molecular complexity index is 1110. The largest absolute Gasteiger partial charge is 0.497 e. The summed E-state index contributed by atoms with van der Waals surface area (Å²) in [7, 11) is 1.62. The second kappa shape index (κ2) is 9.27. The summed E-state index contributed by atoms with van der Waals surface area (Å²) < 4.78 is 16.7. The van der Waals surface area contributed by atoms with Gasteiger partial charge in [0.05, 0.1) is 32.4 Å². The number of nitrogens with zero attached hydrogens (tertiary/aromatic N) is 3. The highest BCUT2D eigenvalue weighted by molar-refractivity contribution is 5.95. The van der Waals surface area contributed by atoms with Gasteiger partial charge in [0, 0.05) is 30.3 Å². The van der Waals surface area contributed by atoms with Crippen molar-refractivity contribution in [2.75, 3.05) is 38.3 Å². The fourth-order valence-corrected chi connectivity index (χ4v) is 4.30. The van der Waals surface area contributed by atoms with Crippen LogP contribution < -0.4 is 9.64 Å². The summed E-state index contributed by atoms with van der Waals surface area (Å²) >= 11 is 0. The Kier molecular flexibility index (Phi) is 6.05. The van der Waals surface area contributed by atoms with Gasteiger partial charge in [0.2, 0.25) is 5.88 Å². The fourth-order valence-electron chi connectivity index (χ4n) is 4.30. The molecular formula is C26H29N3O4. The van der Waals surface area contributed by atoms with Crippen LogP contribution in [0.3, 0.4) is 0 Å². The molecule has 1 saturated carbocycles. The zero-order valence-electron chi connectivity index (χ0n) is 19.1. The van der Waals surface area contributed by atoms with Crippen molar-refractivity contribution < 1.29 is 18.8 Å². The van der Waals surface area contributed by atoms with Gasteiger partial charge in [0.1, 0.15) is 11.4 Å². The predicted molar refractivity (Wildman–Crippen MR) is 126 cm³/mol. The number of anilines is 1. The number of morpholine rings is 1. The van der Waals surface area contributed by atoms with Crippen LogP contribution in [0.4, 0.5) is 5.88 Å². The van der Waals surface area contributed by atoms with Crippen molar-refractivity contribution in [3.05, 3.63) is 65.2 Å². The van der Waals surface area contributed by atoms with Crippen LogP contribution >= 0.6 is 0 Å². The van der Waals surface area contributed by atoms with Gasteiger partial charge >= 0.3 is 0 Å². The van der Waals surface area contributed by atoms with Crippen LogP contribution in [-0.2, 0) is 11.3 Å². The Morgan fingerprint density at radius 1 is 1.15 bits per heavy atom. The van der Waals surface area contributed by atoms with E-state index in [0.717, 1.165) is 59.9 Å². The number of hydrogen-bond acceptors (Lipinski definition) is 6. The van der Waals surface area contributed by atoms with Crippen LogP contribution in [0.5, 0.6) is 5.75 Å². The van der Waals surface area contributed by atoms with Crippen molar-refractivity contribution in [3.63, 3.8) is 0 Å². The van der Waals surface area contributed by atoms with E-state index in [1.54, 1.807) is 7.11 Å². The molecular weight excluding hydrogens is 418 g/mol. The molecule has 7 nitrogen and oxygen atoms in total. The van der Waals surface area contributed by atoms with Gasteiger partial charge in [0.25, 0.3) is 5.91 Å². The minimum atomic E-state index is 0.0180. The molecule has 3 aromatic rings. The molecule has 0 unspecified atom stereocenters. The van der Waals surface area contributed by atoms with Crippen LogP contribution in [-0.4, -0.2) is 55.4 Å². The first-order valence-corrected chi connectivity index (χ1v) is 11.5. The smallest absolute Gasteiger partial charge is 0.254 e. The standard InChI is InChI=1S/C26H29N3O4/c1-18-4-3-5-20(16-18)24-23(26(33-27-24)28-12-14-32-15-13-28)17-29(21-8-9-21)25(30)19-6-10-22(31-2)11-7-19/h3-7,10-11,16,21H,8-9,12-15,17H2,1-2H3. The van der Waals surface area contributed by atoms with E-state index >= 15 is 0 Å². The molecule has 0 atom stereocenters. The zero-order chi connectivity index (χ0) is 22.8. The van der Waals surface area contributed by atoms with Crippen molar-refractivity contribution >= 4 is 11.8 Å². The Balaban J connectivity index is 1.51. The van der Waals surface area contributed by atoms with Crippen molar-refractivity contribution in [1.29, 1.82) is 0 Å². The maximum absolute atomic E-state index is 13.5. The number of rotatable bonds is 7. The van der Waals surface area contributed by atoms with Crippen LogP contribution in [0.15, 0.2) is 53.1 Å². The maximum Gasteiger partial charge on any atom is 0.254 e. The second-order valence-electron chi connectivity index (χ2n) is 8.68. The molecule has 0 radical (unpaired) electrons. The third-order valence-corrected chi connectivity index (χ3v) is 6.27. The van der Waals surface area contributed by atoms with Crippen molar-refractivity contribution in [2.24, 2.45) is 0 Å². The molecule has 1 aliphatic heterocycles. The summed E-state index contributed by atoms with van der Waals surface area (Å²) in [6.07, 6.45) is 2.03. The Hall–Kier alpha value is -3.32. The van der Waals surface area contributed by atoms with Crippen molar-refractivity contribution in [3.8, 4) is 17.0 Å². The molecule has 1 amide bonds. The highest BCUT2D eigenvalue weighted by Crippen LogP contribution is 2.37. The highest BCUT2D eigenvalue weighted by atomic mass is 16.5. The molecule has 1 saturated heterocycles. The first-order chi connectivity index (χ1) is 16.1. The van der Waals surface area contributed by atoms with Gasteiger partial charge in [-0.15, -0.1) is 0 Å². The van der Waals surface area contributed by atoms with E-state index < -0.39 is 0 Å². The summed E-state index contributed by atoms with van der Waals surface area (Å²) in [6.45, 7) is 5.30. The lowest BCUT2D eigenvalue weighted by Gasteiger charge is -2.28. The first-order valence-electron chi connectivity index (χ1n) is 11.5. The molecule has 1 aliphatic carbocycles. The van der Waals surface area contributed by atoms with E-state index in [1.165, 1.54) is 0 Å². The molecule has 2 aliphatic rings. The molecule has 1 aromatic heterocycles. The maximum atomic E-state index is 13.5. The number of aryl methyl sites for hydroxylation is 1. The fraction of sp³-hybridized carbons (Fsp3) is 0.385. The van der Waals surface area contributed by atoms with E-state index in [4.69, 9.17) is 14.0 Å². The monoisotopic (exact) mass is 447 g/mol. The van der Waals surface area contributed by atoms with E-state index in [9.17, 15) is 4.79 Å². The highest BCUT2D eigenvalue weighted by Gasteiger charge is 2.36. The van der Waals surface area contributed by atoms with E-state index in [2.05, 4.69) is 29.1 Å². The Labute approximate surface area is 193 Å². The Morgan fingerprint density at radius 3 is 2.58 bits per heavy atom. The predicted octanol–water partition coefficient (Wildman–Crippen LogP) is 4.30. The number of amides is 1. The number of carbonyl (C=O) groups is 1. The Morgan fingerprint density at radius 2 is 1.91 bits per heavy atom. The molecule has 2 aromatic carbocycles. The molecule has 7 heteroatoms. The van der Waals surface area contributed by atoms with Crippen LogP contribution in [0, 0.1) is 6.92 Å². The van der Waals surface area contributed by atoms with E-state index in [1.807, 2.05) is 41.3 Å². The lowest BCUT2D eigenvalue weighted by Crippen LogP contribution is -2.37. The molecule has 172 valence electrons. The summed E-state index contributed by atoms with van der Waals surface area (Å²) in [4.78, 5) is 17.7. The normalized spacial score (nSPS) is 16.0. The van der Waals surface area contributed by atoms with Gasteiger partial charge in [-0.25, -0.2) is 0 Å². The average Bonchev–Trinajstić information content (AvgIpc) is 3.61. The minimum Gasteiger partial charge on any atom is -0.497 e. The van der Waals surface area contributed by atoms with Gasteiger partial charge in [-0.3, -0.25) is 4.79 Å². The average molecular weight is 448 g/mol. The van der Waals surface area contributed by atoms with Crippen molar-refractivity contribution in [1.82, 2.24) is 10.1 Å². The molecule has 0 bridgehead atoms. The first kappa shape index (κ1) is 21.5. The number of carbonyl (C=O) groups excluding carboxylic acids is 1. The van der Waals surface area contributed by atoms with Crippen molar-refractivity contribution in [2.45, 2.75) is 32.4 Å². The van der Waals surface area contributed by atoms with E-state index in [0.29, 0.717) is 25.3 Å².